The van der Waals surface area contributed by atoms with Gasteiger partial charge in [-0.25, -0.2) is 4.39 Å². The summed E-state index contributed by atoms with van der Waals surface area (Å²) < 4.78 is 13.3. The summed E-state index contributed by atoms with van der Waals surface area (Å²) in [5.41, 5.74) is 6.72. The van der Waals surface area contributed by atoms with Crippen molar-refractivity contribution < 1.29 is 4.39 Å². The number of halogens is 2. The fourth-order valence-corrected chi connectivity index (χ4v) is 1.46. The van der Waals surface area contributed by atoms with Gasteiger partial charge in [-0.3, -0.25) is 0 Å². The van der Waals surface area contributed by atoms with Crippen LogP contribution >= 0.6 is 15.9 Å². The van der Waals surface area contributed by atoms with E-state index in [9.17, 15) is 4.39 Å². The highest BCUT2D eigenvalue weighted by Gasteiger charge is 2.06. The van der Waals surface area contributed by atoms with Gasteiger partial charge in [0.15, 0.2) is 0 Å². The molecule has 1 nitrogen and oxygen atoms in total. The molecule has 0 fully saturated rings. The van der Waals surface area contributed by atoms with Gasteiger partial charge in [-0.05, 0) is 40.0 Å². The van der Waals surface area contributed by atoms with E-state index >= 15 is 0 Å². The lowest BCUT2D eigenvalue weighted by molar-refractivity contribution is 0.618. The summed E-state index contributed by atoms with van der Waals surface area (Å²) in [5.74, 6) is -0.269. The van der Waals surface area contributed by atoms with Crippen molar-refractivity contribution in [3.63, 3.8) is 0 Å². The molecule has 1 aromatic carbocycles. The molecule has 0 aromatic heterocycles. The average Bonchev–Trinajstić information content (AvgIpc) is 2.10. The second-order valence-corrected chi connectivity index (χ2v) is 3.66. The van der Waals surface area contributed by atoms with E-state index in [0.717, 1.165) is 5.56 Å². The van der Waals surface area contributed by atoms with Crippen molar-refractivity contribution in [1.82, 2.24) is 0 Å². The van der Waals surface area contributed by atoms with Crippen molar-refractivity contribution in [3.05, 3.63) is 46.7 Å². The van der Waals surface area contributed by atoms with Crippen LogP contribution in [0.4, 0.5) is 4.39 Å². The van der Waals surface area contributed by atoms with E-state index < -0.39 is 0 Å². The SMILES string of the molecule is C=CCC(N)c1ccc(F)c(Br)c1. The number of benzene rings is 1. The molecule has 0 aliphatic heterocycles. The third kappa shape index (κ3) is 2.64. The summed E-state index contributed by atoms with van der Waals surface area (Å²) in [6, 6.07) is 4.69. The second-order valence-electron chi connectivity index (χ2n) is 2.80. The van der Waals surface area contributed by atoms with Crippen LogP contribution < -0.4 is 5.73 Å². The molecule has 0 saturated carbocycles. The van der Waals surface area contributed by atoms with Gasteiger partial charge in [0.1, 0.15) is 5.82 Å². The fourth-order valence-electron chi connectivity index (χ4n) is 1.06. The molecule has 0 amide bonds. The van der Waals surface area contributed by atoms with Gasteiger partial charge in [-0.1, -0.05) is 12.1 Å². The molecule has 1 aromatic rings. The summed E-state index contributed by atoms with van der Waals surface area (Å²) >= 11 is 3.11. The van der Waals surface area contributed by atoms with Crippen LogP contribution in [0.3, 0.4) is 0 Å². The highest BCUT2D eigenvalue weighted by molar-refractivity contribution is 9.10. The van der Waals surface area contributed by atoms with Gasteiger partial charge in [0.05, 0.1) is 4.47 Å². The van der Waals surface area contributed by atoms with Crippen LogP contribution in [0.1, 0.15) is 18.0 Å². The molecule has 1 rings (SSSR count). The zero-order valence-electron chi connectivity index (χ0n) is 7.13. The van der Waals surface area contributed by atoms with Crippen molar-refractivity contribution in [2.75, 3.05) is 0 Å². The van der Waals surface area contributed by atoms with Gasteiger partial charge in [0, 0.05) is 6.04 Å². The van der Waals surface area contributed by atoms with Gasteiger partial charge in [0.2, 0.25) is 0 Å². The Bertz CT molecular complexity index is 312. The summed E-state index contributed by atoms with van der Waals surface area (Å²) in [6.07, 6.45) is 2.44. The molecule has 0 saturated heterocycles. The molecule has 0 aliphatic rings. The van der Waals surface area contributed by atoms with E-state index in [-0.39, 0.29) is 11.9 Å². The van der Waals surface area contributed by atoms with Crippen LogP contribution in [-0.2, 0) is 0 Å². The summed E-state index contributed by atoms with van der Waals surface area (Å²) in [6.45, 7) is 3.60. The lowest BCUT2D eigenvalue weighted by Crippen LogP contribution is -2.08. The van der Waals surface area contributed by atoms with Gasteiger partial charge < -0.3 is 5.73 Å². The van der Waals surface area contributed by atoms with Gasteiger partial charge in [0.25, 0.3) is 0 Å². The Kier molecular flexibility index (Phi) is 3.63. The third-order valence-electron chi connectivity index (χ3n) is 1.79. The Labute approximate surface area is 85.6 Å². The molecule has 3 heteroatoms. The maximum Gasteiger partial charge on any atom is 0.137 e. The van der Waals surface area contributed by atoms with E-state index in [2.05, 4.69) is 22.5 Å². The smallest absolute Gasteiger partial charge is 0.137 e. The molecule has 13 heavy (non-hydrogen) atoms. The Morgan fingerprint density at radius 3 is 2.85 bits per heavy atom. The van der Waals surface area contributed by atoms with E-state index in [1.54, 1.807) is 18.2 Å². The second kappa shape index (κ2) is 4.53. The zero-order valence-corrected chi connectivity index (χ0v) is 8.72. The summed E-state index contributed by atoms with van der Waals surface area (Å²) in [4.78, 5) is 0. The average molecular weight is 244 g/mol. The first-order valence-electron chi connectivity index (χ1n) is 3.96. The predicted octanol–water partition coefficient (Wildman–Crippen LogP) is 3.16. The molecule has 70 valence electrons. The van der Waals surface area contributed by atoms with Crippen LogP contribution in [0.15, 0.2) is 35.3 Å². The van der Waals surface area contributed by atoms with Crippen LogP contribution in [-0.4, -0.2) is 0 Å². The molecule has 1 atom stereocenters. The van der Waals surface area contributed by atoms with Gasteiger partial charge in [-0.2, -0.15) is 0 Å². The minimum Gasteiger partial charge on any atom is -0.324 e. The number of nitrogens with two attached hydrogens (primary N) is 1. The minimum atomic E-state index is -0.269. The maximum absolute atomic E-state index is 12.8. The Morgan fingerprint density at radius 2 is 2.31 bits per heavy atom. The summed E-state index contributed by atoms with van der Waals surface area (Å²) in [7, 11) is 0. The van der Waals surface area contributed by atoms with Crippen molar-refractivity contribution in [2.45, 2.75) is 12.5 Å². The first kappa shape index (κ1) is 10.4. The molecule has 0 bridgehead atoms. The Morgan fingerprint density at radius 1 is 1.62 bits per heavy atom. The highest BCUT2D eigenvalue weighted by Crippen LogP contribution is 2.21. The monoisotopic (exact) mass is 243 g/mol. The van der Waals surface area contributed by atoms with Crippen LogP contribution in [0.5, 0.6) is 0 Å². The van der Waals surface area contributed by atoms with Crippen molar-refractivity contribution >= 4 is 15.9 Å². The highest BCUT2D eigenvalue weighted by atomic mass is 79.9. The molecular weight excluding hydrogens is 233 g/mol. The molecule has 0 spiro atoms. The first-order chi connectivity index (χ1) is 6.15. The molecule has 0 radical (unpaired) electrons. The molecule has 0 heterocycles. The maximum atomic E-state index is 12.8. The van der Waals surface area contributed by atoms with Crippen LogP contribution in [0.2, 0.25) is 0 Å². The Balaban J connectivity index is 2.89. The first-order valence-corrected chi connectivity index (χ1v) is 4.76. The quantitative estimate of drug-likeness (QED) is 0.812. The third-order valence-corrected chi connectivity index (χ3v) is 2.40. The topological polar surface area (TPSA) is 26.0 Å². The summed E-state index contributed by atoms with van der Waals surface area (Å²) in [5, 5.41) is 0. The Hall–Kier alpha value is -0.670. The molecule has 0 aliphatic carbocycles. The lowest BCUT2D eigenvalue weighted by atomic mass is 10.1. The number of hydrogen-bond acceptors (Lipinski definition) is 1. The number of hydrogen-bond donors (Lipinski definition) is 1. The van der Waals surface area contributed by atoms with Crippen LogP contribution in [0.25, 0.3) is 0 Å². The molecule has 1 unspecified atom stereocenters. The van der Waals surface area contributed by atoms with E-state index in [1.807, 2.05) is 0 Å². The van der Waals surface area contributed by atoms with Crippen molar-refractivity contribution in [1.29, 1.82) is 0 Å². The standard InChI is InChI=1S/C10H11BrFN/c1-2-3-10(13)7-4-5-9(12)8(11)6-7/h2,4-6,10H,1,3,13H2. The zero-order chi connectivity index (χ0) is 9.84. The largest absolute Gasteiger partial charge is 0.324 e. The van der Waals surface area contributed by atoms with E-state index in [1.165, 1.54) is 6.07 Å². The van der Waals surface area contributed by atoms with Crippen molar-refractivity contribution in [2.24, 2.45) is 5.73 Å². The van der Waals surface area contributed by atoms with Crippen molar-refractivity contribution in [3.8, 4) is 0 Å². The van der Waals surface area contributed by atoms with Gasteiger partial charge in [-0.15, -0.1) is 6.58 Å². The fraction of sp³-hybridized carbons (Fsp3) is 0.200. The predicted molar refractivity (Wildman–Crippen MR) is 55.8 cm³/mol. The lowest BCUT2D eigenvalue weighted by Gasteiger charge is -2.09. The number of rotatable bonds is 3. The van der Waals surface area contributed by atoms with Crippen LogP contribution in [0, 0.1) is 5.82 Å². The van der Waals surface area contributed by atoms with E-state index in [4.69, 9.17) is 5.73 Å². The normalized spacial score (nSPS) is 12.5. The molecule has 2 N–H and O–H groups in total. The minimum absolute atomic E-state index is 0.102. The van der Waals surface area contributed by atoms with Gasteiger partial charge >= 0.3 is 0 Å². The van der Waals surface area contributed by atoms with E-state index in [0.29, 0.717) is 10.9 Å². The molecular formula is C10H11BrFN.